The van der Waals surface area contributed by atoms with Gasteiger partial charge < -0.3 is 5.32 Å². The Bertz CT molecular complexity index is 192. The average molecular weight is 228 g/mol. The van der Waals surface area contributed by atoms with Gasteiger partial charge in [0.25, 0.3) is 0 Å². The predicted molar refractivity (Wildman–Crippen MR) is 70.7 cm³/mol. The number of aliphatic imine (C=N–C) groups is 1. The Balaban J connectivity index is 2.22. The molecule has 1 N–H and O–H groups in total. The fraction of sp³-hybridized carbons (Fsp3) is 0.917. The smallest absolute Gasteiger partial charge is 0.156 e. The summed E-state index contributed by atoms with van der Waals surface area (Å²) >= 11 is 1.88. The Kier molecular flexibility index (Phi) is 6.90. The molecule has 0 saturated carbocycles. The number of unbranched alkanes of at least 4 members (excludes halogenated alkanes) is 2. The van der Waals surface area contributed by atoms with Gasteiger partial charge in [-0.1, -0.05) is 44.9 Å². The fourth-order valence-electron chi connectivity index (χ4n) is 1.74. The third kappa shape index (κ3) is 5.45. The van der Waals surface area contributed by atoms with Gasteiger partial charge in [0, 0.05) is 18.3 Å². The van der Waals surface area contributed by atoms with E-state index in [4.69, 9.17) is 0 Å². The third-order valence-electron chi connectivity index (χ3n) is 2.77. The second kappa shape index (κ2) is 8.03. The van der Waals surface area contributed by atoms with Crippen molar-refractivity contribution >= 4 is 16.9 Å². The molecule has 88 valence electrons. The Labute approximate surface area is 98.3 Å². The van der Waals surface area contributed by atoms with Crippen molar-refractivity contribution in [3.05, 3.63) is 0 Å². The molecule has 0 aliphatic carbocycles. The Morgan fingerprint density at radius 1 is 1.40 bits per heavy atom. The van der Waals surface area contributed by atoms with E-state index in [1.165, 1.54) is 49.4 Å². The second-order valence-electron chi connectivity index (χ2n) is 4.13. The van der Waals surface area contributed by atoms with Crippen molar-refractivity contribution in [1.29, 1.82) is 0 Å². The topological polar surface area (TPSA) is 24.4 Å². The molecule has 0 fully saturated rings. The van der Waals surface area contributed by atoms with E-state index in [1.807, 2.05) is 11.8 Å². The molecule has 0 unspecified atom stereocenters. The highest BCUT2D eigenvalue weighted by Crippen LogP contribution is 2.13. The zero-order valence-electron chi connectivity index (χ0n) is 10.1. The highest BCUT2D eigenvalue weighted by atomic mass is 32.2. The minimum absolute atomic E-state index is 0.640. The Hall–Kier alpha value is -0.180. The summed E-state index contributed by atoms with van der Waals surface area (Å²) in [6.07, 6.45) is 7.76. The first-order valence-corrected chi connectivity index (χ1v) is 7.29. The van der Waals surface area contributed by atoms with Crippen LogP contribution in [0.1, 0.15) is 52.4 Å². The van der Waals surface area contributed by atoms with Gasteiger partial charge in [-0.15, -0.1) is 0 Å². The lowest BCUT2D eigenvalue weighted by Gasteiger charge is -2.21. The van der Waals surface area contributed by atoms with Gasteiger partial charge in [-0.05, 0) is 19.3 Å². The van der Waals surface area contributed by atoms with Crippen molar-refractivity contribution in [1.82, 2.24) is 5.32 Å². The molecular weight excluding hydrogens is 204 g/mol. The lowest BCUT2D eigenvalue weighted by atomic mass is 10.1. The van der Waals surface area contributed by atoms with Crippen LogP contribution in [0, 0.1) is 0 Å². The summed E-state index contributed by atoms with van der Waals surface area (Å²) in [4.78, 5) is 4.51. The van der Waals surface area contributed by atoms with E-state index in [2.05, 4.69) is 24.2 Å². The van der Waals surface area contributed by atoms with Crippen LogP contribution in [0.2, 0.25) is 0 Å². The summed E-state index contributed by atoms with van der Waals surface area (Å²) in [5.74, 6) is 1.23. The van der Waals surface area contributed by atoms with E-state index < -0.39 is 0 Å². The maximum absolute atomic E-state index is 4.51. The van der Waals surface area contributed by atoms with Crippen LogP contribution >= 0.6 is 11.8 Å². The second-order valence-corrected chi connectivity index (χ2v) is 5.22. The maximum Gasteiger partial charge on any atom is 0.156 e. The third-order valence-corrected chi connectivity index (χ3v) is 3.79. The van der Waals surface area contributed by atoms with Gasteiger partial charge in [-0.3, -0.25) is 4.99 Å². The van der Waals surface area contributed by atoms with Crippen molar-refractivity contribution in [2.24, 2.45) is 4.99 Å². The number of hydrogen-bond acceptors (Lipinski definition) is 3. The molecule has 0 bridgehead atoms. The average Bonchev–Trinajstić information content (AvgIpc) is 2.29. The minimum atomic E-state index is 0.640. The molecular formula is C12H24N2S. The molecule has 0 aromatic carbocycles. The van der Waals surface area contributed by atoms with E-state index in [0.717, 1.165) is 6.54 Å². The van der Waals surface area contributed by atoms with E-state index in [0.29, 0.717) is 6.04 Å². The van der Waals surface area contributed by atoms with Crippen molar-refractivity contribution in [3.8, 4) is 0 Å². The van der Waals surface area contributed by atoms with Gasteiger partial charge in [0.1, 0.15) is 0 Å². The number of amidine groups is 1. The first kappa shape index (κ1) is 12.9. The summed E-state index contributed by atoms with van der Waals surface area (Å²) in [6, 6.07) is 0.640. The monoisotopic (exact) mass is 228 g/mol. The van der Waals surface area contributed by atoms with Gasteiger partial charge in [-0.2, -0.15) is 0 Å². The number of thioether (sulfide) groups is 1. The number of nitrogens with one attached hydrogen (secondary N) is 1. The fourth-order valence-corrected chi connectivity index (χ4v) is 2.64. The normalized spacial score (nSPS) is 18.4. The van der Waals surface area contributed by atoms with Crippen LogP contribution in [-0.2, 0) is 0 Å². The predicted octanol–water partition coefficient (Wildman–Crippen LogP) is 3.43. The number of nitrogens with zero attached hydrogens (tertiary/aromatic N) is 1. The van der Waals surface area contributed by atoms with Crippen LogP contribution in [0.15, 0.2) is 4.99 Å². The molecule has 0 saturated heterocycles. The number of hydrogen-bond donors (Lipinski definition) is 1. The summed E-state index contributed by atoms with van der Waals surface area (Å²) < 4.78 is 0. The van der Waals surface area contributed by atoms with Gasteiger partial charge >= 0.3 is 0 Å². The molecule has 15 heavy (non-hydrogen) atoms. The molecule has 2 nitrogen and oxygen atoms in total. The van der Waals surface area contributed by atoms with Crippen LogP contribution in [0.5, 0.6) is 0 Å². The van der Waals surface area contributed by atoms with Crippen LogP contribution < -0.4 is 5.32 Å². The van der Waals surface area contributed by atoms with Crippen LogP contribution in [0.3, 0.4) is 0 Å². The molecule has 0 spiro atoms. The summed E-state index contributed by atoms with van der Waals surface area (Å²) in [5, 5.41) is 4.76. The van der Waals surface area contributed by atoms with Crippen LogP contribution in [0.4, 0.5) is 0 Å². The standard InChI is InChI=1S/C12H24N2S/c1-3-5-6-8-11(4-2)14-12-13-9-7-10-15-12/h11H,3-10H2,1-2H3,(H,13,14)/t11-/m0/s1. The SMILES string of the molecule is CCCCC[C@H](CC)NC1=NCCCS1. The molecule has 3 heteroatoms. The zero-order chi connectivity index (χ0) is 10.9. The summed E-state index contributed by atoms with van der Waals surface area (Å²) in [5.41, 5.74) is 0. The molecule has 0 amide bonds. The highest BCUT2D eigenvalue weighted by molar-refractivity contribution is 8.13. The van der Waals surface area contributed by atoms with Crippen molar-refractivity contribution < 1.29 is 0 Å². The van der Waals surface area contributed by atoms with E-state index in [1.54, 1.807) is 0 Å². The quantitative estimate of drug-likeness (QED) is 0.704. The molecule has 1 aliphatic rings. The molecule has 1 rings (SSSR count). The van der Waals surface area contributed by atoms with E-state index in [9.17, 15) is 0 Å². The molecule has 1 aliphatic heterocycles. The first-order valence-electron chi connectivity index (χ1n) is 6.30. The lowest BCUT2D eigenvalue weighted by Crippen LogP contribution is -2.34. The van der Waals surface area contributed by atoms with Gasteiger partial charge in [-0.25, -0.2) is 0 Å². The van der Waals surface area contributed by atoms with Crippen molar-refractivity contribution in [3.63, 3.8) is 0 Å². The van der Waals surface area contributed by atoms with E-state index in [-0.39, 0.29) is 0 Å². The van der Waals surface area contributed by atoms with Crippen molar-refractivity contribution in [2.75, 3.05) is 12.3 Å². The largest absolute Gasteiger partial charge is 0.362 e. The van der Waals surface area contributed by atoms with E-state index >= 15 is 0 Å². The van der Waals surface area contributed by atoms with Gasteiger partial charge in [0.15, 0.2) is 5.17 Å². The summed E-state index contributed by atoms with van der Waals surface area (Å²) in [6.45, 7) is 5.54. The van der Waals surface area contributed by atoms with Crippen molar-refractivity contribution in [2.45, 2.75) is 58.4 Å². The maximum atomic E-state index is 4.51. The lowest BCUT2D eigenvalue weighted by molar-refractivity contribution is 0.510. The van der Waals surface area contributed by atoms with Crippen LogP contribution in [0.25, 0.3) is 0 Å². The van der Waals surface area contributed by atoms with Crippen LogP contribution in [-0.4, -0.2) is 23.5 Å². The summed E-state index contributed by atoms with van der Waals surface area (Å²) in [7, 11) is 0. The zero-order valence-corrected chi connectivity index (χ0v) is 10.9. The Morgan fingerprint density at radius 3 is 2.87 bits per heavy atom. The van der Waals surface area contributed by atoms with Gasteiger partial charge in [0.05, 0.1) is 0 Å². The van der Waals surface area contributed by atoms with Gasteiger partial charge in [0.2, 0.25) is 0 Å². The number of rotatable bonds is 6. The molecule has 0 aromatic rings. The highest BCUT2D eigenvalue weighted by Gasteiger charge is 2.10. The first-order chi connectivity index (χ1) is 7.36. The molecule has 0 aromatic heterocycles. The molecule has 1 heterocycles. The molecule has 0 radical (unpaired) electrons. The minimum Gasteiger partial charge on any atom is -0.362 e. The molecule has 1 atom stereocenters. The Morgan fingerprint density at radius 2 is 2.27 bits per heavy atom.